The van der Waals surface area contributed by atoms with Crippen molar-refractivity contribution in [2.75, 3.05) is 17.2 Å². The van der Waals surface area contributed by atoms with Gasteiger partial charge in [0.1, 0.15) is 0 Å². The minimum absolute atomic E-state index is 0.127. The summed E-state index contributed by atoms with van der Waals surface area (Å²) in [4.78, 5) is 12.4. The molecule has 2 aromatic rings. The van der Waals surface area contributed by atoms with Crippen molar-refractivity contribution in [3.05, 3.63) is 42.2 Å². The standard InChI is InChI=1S/C16H22N4O/c1-4-9-17-15-8-6-5-7-14(15)16(21)19-13-10-18-20(11-13)12(2)3/h5-8,10-12,17H,4,9H2,1-3H3,(H,19,21). The van der Waals surface area contributed by atoms with Gasteiger partial charge in [0.15, 0.2) is 0 Å². The Labute approximate surface area is 125 Å². The number of carbonyl (C=O) groups excluding carboxylic acids is 1. The monoisotopic (exact) mass is 286 g/mol. The van der Waals surface area contributed by atoms with Crippen LogP contribution in [0.15, 0.2) is 36.7 Å². The third-order valence-corrected chi connectivity index (χ3v) is 3.13. The van der Waals surface area contributed by atoms with Crippen LogP contribution >= 0.6 is 0 Å². The number of nitrogens with zero attached hydrogens (tertiary/aromatic N) is 2. The molecule has 0 bridgehead atoms. The molecule has 0 aliphatic carbocycles. The molecule has 0 radical (unpaired) electrons. The molecule has 2 rings (SSSR count). The number of hydrogen-bond acceptors (Lipinski definition) is 3. The molecule has 0 aliphatic rings. The summed E-state index contributed by atoms with van der Waals surface area (Å²) >= 11 is 0. The van der Waals surface area contributed by atoms with Crippen LogP contribution in [0.5, 0.6) is 0 Å². The minimum Gasteiger partial charge on any atom is -0.384 e. The van der Waals surface area contributed by atoms with Crippen LogP contribution < -0.4 is 10.6 Å². The lowest BCUT2D eigenvalue weighted by atomic mass is 10.1. The number of anilines is 2. The third kappa shape index (κ3) is 3.84. The highest BCUT2D eigenvalue weighted by molar-refractivity contribution is 6.07. The summed E-state index contributed by atoms with van der Waals surface area (Å²) in [5, 5.41) is 10.4. The van der Waals surface area contributed by atoms with Gasteiger partial charge >= 0.3 is 0 Å². The molecule has 1 amide bonds. The van der Waals surface area contributed by atoms with Crippen LogP contribution in [0.25, 0.3) is 0 Å². The lowest BCUT2D eigenvalue weighted by Gasteiger charge is -2.10. The average Bonchev–Trinajstić information content (AvgIpc) is 2.94. The quantitative estimate of drug-likeness (QED) is 0.854. The van der Waals surface area contributed by atoms with Gasteiger partial charge < -0.3 is 10.6 Å². The van der Waals surface area contributed by atoms with Gasteiger partial charge in [-0.25, -0.2) is 0 Å². The van der Waals surface area contributed by atoms with Crippen LogP contribution in [0.1, 0.15) is 43.6 Å². The van der Waals surface area contributed by atoms with Crippen molar-refractivity contribution in [3.63, 3.8) is 0 Å². The fourth-order valence-electron chi connectivity index (χ4n) is 1.98. The lowest BCUT2D eigenvalue weighted by molar-refractivity contribution is 0.102. The van der Waals surface area contributed by atoms with E-state index in [1.807, 2.05) is 49.0 Å². The van der Waals surface area contributed by atoms with E-state index < -0.39 is 0 Å². The number of amides is 1. The van der Waals surface area contributed by atoms with E-state index in [0.717, 1.165) is 18.7 Å². The van der Waals surface area contributed by atoms with E-state index in [1.54, 1.807) is 6.20 Å². The number of nitrogens with one attached hydrogen (secondary N) is 2. The van der Waals surface area contributed by atoms with Crippen LogP contribution in [-0.4, -0.2) is 22.2 Å². The molecule has 0 unspecified atom stereocenters. The molecule has 0 atom stereocenters. The van der Waals surface area contributed by atoms with Crippen LogP contribution in [-0.2, 0) is 0 Å². The lowest BCUT2D eigenvalue weighted by Crippen LogP contribution is -2.14. The summed E-state index contributed by atoms with van der Waals surface area (Å²) in [6, 6.07) is 7.80. The fraction of sp³-hybridized carbons (Fsp3) is 0.375. The Bertz CT molecular complexity index is 604. The van der Waals surface area contributed by atoms with Gasteiger partial charge in [-0.05, 0) is 32.4 Å². The van der Waals surface area contributed by atoms with E-state index in [-0.39, 0.29) is 11.9 Å². The maximum atomic E-state index is 12.4. The number of aromatic nitrogens is 2. The first-order valence-corrected chi connectivity index (χ1v) is 7.30. The molecule has 0 saturated carbocycles. The number of benzene rings is 1. The Kier molecular flexibility index (Phi) is 4.98. The van der Waals surface area contributed by atoms with Gasteiger partial charge in [-0.15, -0.1) is 0 Å². The topological polar surface area (TPSA) is 59.0 Å². The average molecular weight is 286 g/mol. The number of rotatable bonds is 6. The summed E-state index contributed by atoms with van der Waals surface area (Å²) < 4.78 is 1.82. The van der Waals surface area contributed by atoms with Gasteiger partial charge in [0, 0.05) is 24.5 Å². The first-order chi connectivity index (χ1) is 10.1. The highest BCUT2D eigenvalue weighted by Crippen LogP contribution is 2.17. The molecule has 0 aliphatic heterocycles. The molecule has 0 fully saturated rings. The second-order valence-corrected chi connectivity index (χ2v) is 5.23. The smallest absolute Gasteiger partial charge is 0.257 e. The zero-order valence-electron chi connectivity index (χ0n) is 12.8. The van der Waals surface area contributed by atoms with Crippen molar-refractivity contribution in [2.45, 2.75) is 33.2 Å². The molecular weight excluding hydrogens is 264 g/mol. The molecule has 0 spiro atoms. The van der Waals surface area contributed by atoms with Crippen molar-refractivity contribution >= 4 is 17.3 Å². The first kappa shape index (κ1) is 15.1. The summed E-state index contributed by atoms with van der Waals surface area (Å²) in [6.07, 6.45) is 4.52. The summed E-state index contributed by atoms with van der Waals surface area (Å²) in [7, 11) is 0. The molecule has 5 nitrogen and oxygen atoms in total. The summed E-state index contributed by atoms with van der Waals surface area (Å²) in [5.41, 5.74) is 2.20. The van der Waals surface area contributed by atoms with Gasteiger partial charge in [-0.3, -0.25) is 9.48 Å². The van der Waals surface area contributed by atoms with Gasteiger partial charge in [0.2, 0.25) is 0 Å². The second-order valence-electron chi connectivity index (χ2n) is 5.23. The normalized spacial score (nSPS) is 10.7. The van der Waals surface area contributed by atoms with Crippen LogP contribution in [0.2, 0.25) is 0 Å². The van der Waals surface area contributed by atoms with Crippen LogP contribution in [0.3, 0.4) is 0 Å². The van der Waals surface area contributed by atoms with Crippen molar-refractivity contribution in [3.8, 4) is 0 Å². The van der Waals surface area contributed by atoms with E-state index in [9.17, 15) is 4.79 Å². The van der Waals surface area contributed by atoms with E-state index >= 15 is 0 Å². The SMILES string of the molecule is CCCNc1ccccc1C(=O)Nc1cnn(C(C)C)c1. The van der Waals surface area contributed by atoms with E-state index in [2.05, 4.69) is 22.7 Å². The summed E-state index contributed by atoms with van der Waals surface area (Å²) in [5.74, 6) is -0.127. The number of hydrogen-bond donors (Lipinski definition) is 2. The molecule has 21 heavy (non-hydrogen) atoms. The zero-order valence-corrected chi connectivity index (χ0v) is 12.8. The molecular formula is C16H22N4O. The van der Waals surface area contributed by atoms with E-state index in [1.165, 1.54) is 0 Å². The van der Waals surface area contributed by atoms with Crippen molar-refractivity contribution in [1.29, 1.82) is 0 Å². The highest BCUT2D eigenvalue weighted by Gasteiger charge is 2.12. The van der Waals surface area contributed by atoms with Crippen molar-refractivity contribution < 1.29 is 4.79 Å². The molecule has 112 valence electrons. The Morgan fingerprint density at radius 2 is 2.10 bits per heavy atom. The van der Waals surface area contributed by atoms with E-state index in [0.29, 0.717) is 11.3 Å². The van der Waals surface area contributed by atoms with Gasteiger partial charge in [0.25, 0.3) is 5.91 Å². The van der Waals surface area contributed by atoms with Gasteiger partial charge in [-0.2, -0.15) is 5.10 Å². The predicted molar refractivity (Wildman–Crippen MR) is 85.8 cm³/mol. The second kappa shape index (κ2) is 6.92. The Hall–Kier alpha value is -2.30. The maximum Gasteiger partial charge on any atom is 0.257 e. The number of carbonyl (C=O) groups is 1. The maximum absolute atomic E-state index is 12.4. The Morgan fingerprint density at radius 1 is 1.33 bits per heavy atom. The first-order valence-electron chi connectivity index (χ1n) is 7.30. The molecule has 5 heteroatoms. The number of para-hydroxylation sites is 1. The minimum atomic E-state index is -0.127. The highest BCUT2D eigenvalue weighted by atomic mass is 16.1. The predicted octanol–water partition coefficient (Wildman–Crippen LogP) is 3.54. The van der Waals surface area contributed by atoms with Gasteiger partial charge in [-0.1, -0.05) is 19.1 Å². The zero-order chi connectivity index (χ0) is 15.2. The molecule has 2 N–H and O–H groups in total. The van der Waals surface area contributed by atoms with Crippen LogP contribution in [0.4, 0.5) is 11.4 Å². The molecule has 1 aromatic carbocycles. The molecule has 0 saturated heterocycles. The largest absolute Gasteiger partial charge is 0.384 e. The Balaban J connectivity index is 2.12. The third-order valence-electron chi connectivity index (χ3n) is 3.13. The van der Waals surface area contributed by atoms with Crippen molar-refractivity contribution in [2.24, 2.45) is 0 Å². The Morgan fingerprint density at radius 3 is 2.76 bits per heavy atom. The summed E-state index contributed by atoms with van der Waals surface area (Å²) in [6.45, 7) is 7.02. The molecule has 1 heterocycles. The van der Waals surface area contributed by atoms with Crippen molar-refractivity contribution in [1.82, 2.24) is 9.78 Å². The van der Waals surface area contributed by atoms with E-state index in [4.69, 9.17) is 0 Å². The van der Waals surface area contributed by atoms with Crippen LogP contribution in [0, 0.1) is 0 Å². The molecule has 1 aromatic heterocycles. The fourth-order valence-corrected chi connectivity index (χ4v) is 1.98. The van der Waals surface area contributed by atoms with Gasteiger partial charge in [0.05, 0.1) is 17.4 Å².